The maximum absolute atomic E-state index is 11.5. The van der Waals surface area contributed by atoms with Crippen LogP contribution in [0.25, 0.3) is 0 Å². The average Bonchev–Trinajstić information content (AvgIpc) is 2.31. The van der Waals surface area contributed by atoms with Gasteiger partial charge >= 0.3 is 0 Å². The zero-order chi connectivity index (χ0) is 12.4. The topological polar surface area (TPSA) is 67.6 Å². The second kappa shape index (κ2) is 9.57. The van der Waals surface area contributed by atoms with Crippen molar-refractivity contribution in [3.63, 3.8) is 0 Å². The van der Waals surface area contributed by atoms with Gasteiger partial charge in [0.05, 0.1) is 0 Å². The third-order valence-corrected chi connectivity index (χ3v) is 2.64. The van der Waals surface area contributed by atoms with Crippen LogP contribution < -0.4 is 11.1 Å². The van der Waals surface area contributed by atoms with Crippen molar-refractivity contribution in [3.05, 3.63) is 0 Å². The van der Waals surface area contributed by atoms with E-state index in [1.807, 2.05) is 0 Å². The minimum Gasteiger partial charge on any atom is -0.370 e. The number of nitrogens with two attached hydrogens (primary N) is 1. The molecule has 5 nitrogen and oxygen atoms in total. The van der Waals surface area contributed by atoms with Gasteiger partial charge in [-0.1, -0.05) is 13.8 Å². The minimum atomic E-state index is -0.520. The maximum atomic E-state index is 11.5. The van der Waals surface area contributed by atoms with E-state index in [0.717, 1.165) is 26.1 Å². The predicted molar refractivity (Wildman–Crippen MR) is 65.3 cm³/mol. The number of methoxy groups -OCH3 is 1. The molecule has 1 atom stereocenters. The molecule has 3 N–H and O–H groups in total. The lowest BCUT2D eigenvalue weighted by atomic mass is 10.3. The number of carbonyl (C=O) groups excluding carboxylic acids is 1. The van der Waals surface area contributed by atoms with Gasteiger partial charge in [0.15, 0.2) is 0 Å². The van der Waals surface area contributed by atoms with Crippen LogP contribution in [0.3, 0.4) is 0 Å². The zero-order valence-electron chi connectivity index (χ0n) is 10.7. The lowest BCUT2D eigenvalue weighted by Crippen LogP contribution is -2.41. The second-order valence-corrected chi connectivity index (χ2v) is 3.63. The van der Waals surface area contributed by atoms with Crippen LogP contribution in [0.15, 0.2) is 0 Å². The first kappa shape index (κ1) is 15.3. The summed E-state index contributed by atoms with van der Waals surface area (Å²) in [5.74, 6) is -0.121. The van der Waals surface area contributed by atoms with E-state index in [9.17, 15) is 4.79 Å². The summed E-state index contributed by atoms with van der Waals surface area (Å²) in [7, 11) is 1.49. The normalized spacial score (nSPS) is 12.8. The molecule has 5 heteroatoms. The van der Waals surface area contributed by atoms with Crippen LogP contribution >= 0.6 is 0 Å². The van der Waals surface area contributed by atoms with Crippen molar-refractivity contribution in [1.82, 2.24) is 10.2 Å². The molecular formula is C11H25N3O2. The van der Waals surface area contributed by atoms with Gasteiger partial charge in [0.2, 0.25) is 5.91 Å². The molecule has 0 spiro atoms. The highest BCUT2D eigenvalue weighted by Crippen LogP contribution is 1.91. The lowest BCUT2D eigenvalue weighted by molar-refractivity contribution is -0.130. The van der Waals surface area contributed by atoms with E-state index in [0.29, 0.717) is 6.54 Å². The fourth-order valence-corrected chi connectivity index (χ4v) is 1.48. The van der Waals surface area contributed by atoms with Crippen molar-refractivity contribution in [2.24, 2.45) is 5.73 Å². The molecule has 0 bridgehead atoms. The summed E-state index contributed by atoms with van der Waals surface area (Å²) in [5.41, 5.74) is 5.39. The zero-order valence-corrected chi connectivity index (χ0v) is 10.7. The number of hydrogen-bond donors (Lipinski definition) is 2. The quantitative estimate of drug-likeness (QED) is 0.540. The number of nitrogens with one attached hydrogen (secondary N) is 1. The minimum absolute atomic E-state index is 0.121. The van der Waals surface area contributed by atoms with Crippen LogP contribution in [-0.2, 0) is 9.53 Å². The van der Waals surface area contributed by atoms with Crippen molar-refractivity contribution in [1.29, 1.82) is 0 Å². The van der Waals surface area contributed by atoms with Gasteiger partial charge < -0.3 is 20.7 Å². The largest absolute Gasteiger partial charge is 0.370 e. The summed E-state index contributed by atoms with van der Waals surface area (Å²) >= 11 is 0. The van der Waals surface area contributed by atoms with Crippen LogP contribution in [0.2, 0.25) is 0 Å². The van der Waals surface area contributed by atoms with Crippen molar-refractivity contribution >= 4 is 5.91 Å². The Morgan fingerprint density at radius 2 is 2.06 bits per heavy atom. The first-order valence-corrected chi connectivity index (χ1v) is 5.92. The van der Waals surface area contributed by atoms with Gasteiger partial charge in [-0.05, 0) is 26.1 Å². The van der Waals surface area contributed by atoms with Gasteiger partial charge in [0.1, 0.15) is 6.10 Å². The molecule has 16 heavy (non-hydrogen) atoms. The molecular weight excluding hydrogens is 206 g/mol. The highest BCUT2D eigenvalue weighted by atomic mass is 16.5. The van der Waals surface area contributed by atoms with E-state index >= 15 is 0 Å². The molecule has 1 unspecified atom stereocenters. The summed E-state index contributed by atoms with van der Waals surface area (Å²) in [6.45, 7) is 8.28. The Bertz CT molecular complexity index is 180. The van der Waals surface area contributed by atoms with E-state index in [2.05, 4.69) is 24.1 Å². The Balaban J connectivity index is 3.61. The van der Waals surface area contributed by atoms with Gasteiger partial charge in [-0.2, -0.15) is 0 Å². The molecule has 0 aliphatic carbocycles. The molecule has 0 radical (unpaired) electrons. The molecule has 1 amide bonds. The van der Waals surface area contributed by atoms with Crippen molar-refractivity contribution < 1.29 is 9.53 Å². The van der Waals surface area contributed by atoms with E-state index < -0.39 is 6.10 Å². The van der Waals surface area contributed by atoms with Crippen molar-refractivity contribution in [3.8, 4) is 0 Å². The standard InChI is InChI=1S/C11H25N3O2/c1-4-14(5-2)8-6-7-13-11(15)10(9-12)16-3/h10H,4-9,12H2,1-3H3,(H,13,15). The highest BCUT2D eigenvalue weighted by Gasteiger charge is 2.14. The molecule has 0 aliphatic rings. The third kappa shape index (κ3) is 6.05. The third-order valence-electron chi connectivity index (χ3n) is 2.64. The van der Waals surface area contributed by atoms with Crippen molar-refractivity contribution in [2.75, 3.05) is 39.8 Å². The summed E-state index contributed by atoms with van der Waals surface area (Å²) in [4.78, 5) is 13.8. The second-order valence-electron chi connectivity index (χ2n) is 3.63. The summed E-state index contributed by atoms with van der Waals surface area (Å²) in [5, 5.41) is 2.82. The average molecular weight is 231 g/mol. The Morgan fingerprint density at radius 1 is 1.44 bits per heavy atom. The summed E-state index contributed by atoms with van der Waals surface area (Å²) < 4.78 is 4.93. The number of amides is 1. The van der Waals surface area contributed by atoms with Crippen LogP contribution in [0.5, 0.6) is 0 Å². The van der Waals surface area contributed by atoms with Gasteiger partial charge in [0.25, 0.3) is 0 Å². The molecule has 0 saturated heterocycles. The number of rotatable bonds is 9. The first-order chi connectivity index (χ1) is 7.69. The predicted octanol–water partition coefficient (Wildman–Crippen LogP) is -0.192. The smallest absolute Gasteiger partial charge is 0.250 e. The number of nitrogens with zero attached hydrogens (tertiary/aromatic N) is 1. The number of ether oxygens (including phenoxy) is 1. The molecule has 0 aliphatic heterocycles. The van der Waals surface area contributed by atoms with Gasteiger partial charge in [0, 0.05) is 20.2 Å². The van der Waals surface area contributed by atoms with E-state index in [4.69, 9.17) is 10.5 Å². The molecule has 0 aromatic heterocycles. The Hall–Kier alpha value is -0.650. The monoisotopic (exact) mass is 231 g/mol. The molecule has 0 rings (SSSR count). The van der Waals surface area contributed by atoms with E-state index in [-0.39, 0.29) is 12.5 Å². The van der Waals surface area contributed by atoms with E-state index in [1.165, 1.54) is 7.11 Å². The van der Waals surface area contributed by atoms with Crippen LogP contribution in [0.1, 0.15) is 20.3 Å². The van der Waals surface area contributed by atoms with Gasteiger partial charge in [-0.25, -0.2) is 0 Å². The highest BCUT2D eigenvalue weighted by molar-refractivity contribution is 5.80. The van der Waals surface area contributed by atoms with Gasteiger partial charge in [-0.15, -0.1) is 0 Å². The Labute approximate surface area is 98.3 Å². The SMILES string of the molecule is CCN(CC)CCCNC(=O)C(CN)OC. The summed E-state index contributed by atoms with van der Waals surface area (Å²) in [6, 6.07) is 0. The lowest BCUT2D eigenvalue weighted by Gasteiger charge is -2.18. The van der Waals surface area contributed by atoms with Crippen LogP contribution in [0.4, 0.5) is 0 Å². The number of carbonyl (C=O) groups is 1. The molecule has 0 saturated carbocycles. The van der Waals surface area contributed by atoms with E-state index in [1.54, 1.807) is 0 Å². The van der Waals surface area contributed by atoms with Crippen molar-refractivity contribution in [2.45, 2.75) is 26.4 Å². The van der Waals surface area contributed by atoms with Crippen LogP contribution in [-0.4, -0.2) is 56.7 Å². The number of hydrogen-bond acceptors (Lipinski definition) is 4. The molecule has 96 valence electrons. The molecule has 0 heterocycles. The fraction of sp³-hybridized carbons (Fsp3) is 0.909. The molecule has 0 fully saturated rings. The van der Waals surface area contributed by atoms with Gasteiger partial charge in [-0.3, -0.25) is 4.79 Å². The van der Waals surface area contributed by atoms with Crippen LogP contribution in [0, 0.1) is 0 Å². The fourth-order valence-electron chi connectivity index (χ4n) is 1.48. The first-order valence-electron chi connectivity index (χ1n) is 5.92. The molecule has 0 aromatic rings. The Kier molecular flexibility index (Phi) is 9.18. The Morgan fingerprint density at radius 3 is 2.50 bits per heavy atom. The molecule has 0 aromatic carbocycles. The summed E-state index contributed by atoms with van der Waals surface area (Å²) in [6.07, 6.45) is 0.433. The maximum Gasteiger partial charge on any atom is 0.250 e.